The molecule has 1 aromatic heterocycles. The largest absolute Gasteiger partial charge is 0.350 e. The first kappa shape index (κ1) is 24.4. The Morgan fingerprint density at radius 3 is 2.61 bits per heavy atom. The molecular weight excluding hydrogens is 474 g/mol. The molecule has 0 saturated carbocycles. The van der Waals surface area contributed by atoms with Crippen LogP contribution in [0.5, 0.6) is 0 Å². The second-order valence-electron chi connectivity index (χ2n) is 8.62. The van der Waals surface area contributed by atoms with E-state index in [9.17, 15) is 17.2 Å². The number of hydrogen-bond acceptors (Lipinski definition) is 7. The number of benzene rings is 1. The van der Waals surface area contributed by atoms with Crippen LogP contribution in [0.1, 0.15) is 43.3 Å². The molecule has 33 heavy (non-hydrogen) atoms. The number of rotatable bonds is 7. The van der Waals surface area contributed by atoms with Crippen molar-refractivity contribution >= 4 is 22.0 Å². The van der Waals surface area contributed by atoms with E-state index < -0.39 is 33.7 Å². The van der Waals surface area contributed by atoms with Gasteiger partial charge in [0, 0.05) is 29.5 Å². The van der Waals surface area contributed by atoms with Crippen LogP contribution in [-0.4, -0.2) is 48.2 Å². The number of nitrogens with zero attached hydrogens (tertiary/aromatic N) is 3. The van der Waals surface area contributed by atoms with E-state index >= 15 is 0 Å². The van der Waals surface area contributed by atoms with E-state index in [-0.39, 0.29) is 17.2 Å². The molecular formula is C21H26F2N4O4S2. The molecule has 1 unspecified atom stereocenters. The molecule has 3 heterocycles. The Morgan fingerprint density at radius 2 is 1.97 bits per heavy atom. The number of thioether (sulfide) groups is 1. The van der Waals surface area contributed by atoms with Gasteiger partial charge in [0.1, 0.15) is 0 Å². The highest BCUT2D eigenvalue weighted by Crippen LogP contribution is 2.35. The summed E-state index contributed by atoms with van der Waals surface area (Å²) in [4.78, 5) is 9.10. The predicted molar refractivity (Wildman–Crippen MR) is 118 cm³/mol. The summed E-state index contributed by atoms with van der Waals surface area (Å²) in [6, 6.07) is 5.30. The van der Waals surface area contributed by atoms with Crippen LogP contribution in [-0.2, 0) is 31.9 Å². The van der Waals surface area contributed by atoms with Crippen LogP contribution >= 0.6 is 11.8 Å². The summed E-state index contributed by atoms with van der Waals surface area (Å²) in [5.41, 5.74) is 1.42. The van der Waals surface area contributed by atoms with E-state index in [1.54, 1.807) is 6.07 Å². The van der Waals surface area contributed by atoms with Crippen LogP contribution < -0.4 is 5.14 Å². The van der Waals surface area contributed by atoms with Gasteiger partial charge in [0.05, 0.1) is 24.9 Å². The summed E-state index contributed by atoms with van der Waals surface area (Å²) in [6.45, 7) is 5.01. The highest BCUT2D eigenvalue weighted by molar-refractivity contribution is 7.98. The molecule has 0 amide bonds. The van der Waals surface area contributed by atoms with E-state index in [1.807, 2.05) is 13.8 Å². The third-order valence-corrected chi connectivity index (χ3v) is 7.62. The quantitative estimate of drug-likeness (QED) is 0.460. The first-order valence-electron chi connectivity index (χ1n) is 10.5. The van der Waals surface area contributed by atoms with Gasteiger partial charge in [-0.25, -0.2) is 23.9 Å². The summed E-state index contributed by atoms with van der Waals surface area (Å²) in [5, 5.41) is 5.68. The van der Waals surface area contributed by atoms with Gasteiger partial charge in [-0.15, -0.1) is 0 Å². The van der Waals surface area contributed by atoms with Crippen molar-refractivity contribution in [1.82, 2.24) is 14.3 Å². The van der Waals surface area contributed by atoms with Gasteiger partial charge in [0.2, 0.25) is 0 Å². The van der Waals surface area contributed by atoms with Crippen molar-refractivity contribution in [2.24, 2.45) is 11.1 Å². The molecule has 1 atom stereocenters. The number of nitrogens with two attached hydrogens (primary N) is 1. The zero-order valence-electron chi connectivity index (χ0n) is 18.3. The van der Waals surface area contributed by atoms with Gasteiger partial charge in [-0.1, -0.05) is 23.9 Å². The molecule has 1 aromatic carbocycles. The summed E-state index contributed by atoms with van der Waals surface area (Å²) in [7, 11) is -3.86. The van der Waals surface area contributed by atoms with Crippen molar-refractivity contribution < 1.29 is 26.7 Å². The van der Waals surface area contributed by atoms with E-state index in [4.69, 9.17) is 14.6 Å². The SMILES string of the molecule is CC1(C)OCC(Cc2cc(C3CCN3S(N)(=O)=O)nc(SCc3cccc(F)c3F)n2)CO1. The van der Waals surface area contributed by atoms with Gasteiger partial charge in [0.25, 0.3) is 10.2 Å². The van der Waals surface area contributed by atoms with Crippen LogP contribution in [0.25, 0.3) is 0 Å². The molecule has 2 aliphatic rings. The molecule has 180 valence electrons. The van der Waals surface area contributed by atoms with E-state index in [2.05, 4.69) is 9.97 Å². The molecule has 8 nitrogen and oxygen atoms in total. The summed E-state index contributed by atoms with van der Waals surface area (Å²) < 4.78 is 64.0. The maximum Gasteiger partial charge on any atom is 0.277 e. The lowest BCUT2D eigenvalue weighted by molar-refractivity contribution is -0.261. The van der Waals surface area contributed by atoms with Gasteiger partial charge in [-0.2, -0.15) is 12.7 Å². The Labute approximate surface area is 196 Å². The van der Waals surface area contributed by atoms with Crippen molar-refractivity contribution in [3.63, 3.8) is 0 Å². The van der Waals surface area contributed by atoms with Crippen molar-refractivity contribution in [2.75, 3.05) is 19.8 Å². The van der Waals surface area contributed by atoms with Crippen molar-refractivity contribution in [3.05, 3.63) is 52.9 Å². The van der Waals surface area contributed by atoms with Gasteiger partial charge in [-0.3, -0.25) is 0 Å². The first-order valence-corrected chi connectivity index (χ1v) is 13.0. The molecule has 2 saturated heterocycles. The number of aromatic nitrogens is 2. The minimum atomic E-state index is -3.86. The maximum atomic E-state index is 14.1. The fourth-order valence-corrected chi connectivity index (χ4v) is 5.53. The zero-order valence-corrected chi connectivity index (χ0v) is 20.0. The van der Waals surface area contributed by atoms with Crippen LogP contribution in [0, 0.1) is 17.6 Å². The Morgan fingerprint density at radius 1 is 1.24 bits per heavy atom. The highest BCUT2D eigenvalue weighted by atomic mass is 32.2. The second kappa shape index (κ2) is 9.51. The van der Waals surface area contributed by atoms with Crippen molar-refractivity contribution in [3.8, 4) is 0 Å². The number of ether oxygens (including phenoxy) is 2. The molecule has 12 heteroatoms. The van der Waals surface area contributed by atoms with Gasteiger partial charge in [0.15, 0.2) is 22.6 Å². The molecule has 0 bridgehead atoms. The molecule has 2 aromatic rings. The smallest absolute Gasteiger partial charge is 0.277 e. The second-order valence-corrected chi connectivity index (χ2v) is 11.1. The monoisotopic (exact) mass is 500 g/mol. The van der Waals surface area contributed by atoms with Crippen molar-refractivity contribution in [2.45, 2.75) is 49.4 Å². The van der Waals surface area contributed by atoms with Crippen LogP contribution in [0.2, 0.25) is 0 Å². The zero-order chi connectivity index (χ0) is 23.8. The maximum absolute atomic E-state index is 14.1. The Bertz CT molecular complexity index is 1120. The lowest BCUT2D eigenvalue weighted by atomic mass is 9.99. The van der Waals surface area contributed by atoms with Gasteiger partial charge >= 0.3 is 0 Å². The fraction of sp³-hybridized carbons (Fsp3) is 0.524. The summed E-state index contributed by atoms with van der Waals surface area (Å²) >= 11 is 1.16. The Balaban J connectivity index is 1.57. The standard InChI is InChI=1S/C21H26F2N4O4S2/c1-21(2)30-10-13(11-31-21)8-15-9-17(18-6-7-27(18)33(24,28)29)26-20(25-15)32-12-14-4-3-5-16(22)19(14)23/h3-5,9,13,18H,6-8,10-12H2,1-2H3,(H2,24,28,29). The minimum absolute atomic E-state index is 0.0648. The normalized spacial score (nSPS) is 21.7. The molecule has 4 rings (SSSR count). The average molecular weight is 501 g/mol. The van der Waals surface area contributed by atoms with Crippen LogP contribution in [0.4, 0.5) is 8.78 Å². The molecule has 0 radical (unpaired) electrons. The Hall–Kier alpha value is -1.70. The molecule has 0 spiro atoms. The van der Waals surface area contributed by atoms with Crippen LogP contribution in [0.15, 0.2) is 29.4 Å². The lowest BCUT2D eigenvalue weighted by Gasteiger charge is -2.38. The molecule has 2 N–H and O–H groups in total. The third-order valence-electron chi connectivity index (χ3n) is 5.64. The van der Waals surface area contributed by atoms with Crippen molar-refractivity contribution in [1.29, 1.82) is 0 Å². The third kappa shape index (κ3) is 5.87. The minimum Gasteiger partial charge on any atom is -0.350 e. The predicted octanol–water partition coefficient (Wildman–Crippen LogP) is 2.94. The summed E-state index contributed by atoms with van der Waals surface area (Å²) in [5.74, 6) is -2.26. The number of halogens is 2. The first-order chi connectivity index (χ1) is 15.5. The Kier molecular flexibility index (Phi) is 7.04. The molecule has 2 aliphatic heterocycles. The highest BCUT2D eigenvalue weighted by Gasteiger charge is 2.38. The fourth-order valence-electron chi connectivity index (χ4n) is 3.74. The lowest BCUT2D eigenvalue weighted by Crippen LogP contribution is -2.48. The van der Waals surface area contributed by atoms with Gasteiger partial charge < -0.3 is 9.47 Å². The van der Waals surface area contributed by atoms with Gasteiger partial charge in [-0.05, 0) is 38.8 Å². The summed E-state index contributed by atoms with van der Waals surface area (Å²) in [6.07, 6.45) is 1.12. The van der Waals surface area contributed by atoms with E-state index in [0.29, 0.717) is 49.1 Å². The molecule has 0 aliphatic carbocycles. The average Bonchev–Trinajstić information content (AvgIpc) is 2.68. The number of hydrogen-bond donors (Lipinski definition) is 1. The molecule has 2 fully saturated rings. The van der Waals surface area contributed by atoms with E-state index in [1.165, 1.54) is 16.4 Å². The topological polar surface area (TPSA) is 108 Å². The van der Waals surface area contributed by atoms with Crippen LogP contribution in [0.3, 0.4) is 0 Å². The van der Waals surface area contributed by atoms with E-state index in [0.717, 1.165) is 17.8 Å².